The summed E-state index contributed by atoms with van der Waals surface area (Å²) in [5.41, 5.74) is 3.65. The van der Waals surface area contributed by atoms with Crippen LogP contribution >= 0.6 is 11.6 Å². The van der Waals surface area contributed by atoms with E-state index in [-0.39, 0.29) is 34.1 Å². The maximum absolute atomic E-state index is 14.8. The third kappa shape index (κ3) is 6.40. The molecule has 0 radical (unpaired) electrons. The number of aliphatic imine (C=N–C) groups is 1. The number of carbonyl (C=O) groups is 1. The van der Waals surface area contributed by atoms with Crippen LogP contribution in [0.4, 0.5) is 20.4 Å². The summed E-state index contributed by atoms with van der Waals surface area (Å²) in [5.74, 6) is -1.38. The number of nitrogens with one attached hydrogen (secondary N) is 3. The van der Waals surface area contributed by atoms with Gasteiger partial charge in [0.15, 0.2) is 5.96 Å². The smallest absolute Gasteiger partial charge is 0.257 e. The number of fused-ring (bicyclic) bond motifs is 3. The summed E-state index contributed by atoms with van der Waals surface area (Å²) in [7, 11) is 4.12. The van der Waals surface area contributed by atoms with Gasteiger partial charge in [0.25, 0.3) is 5.91 Å². The molecule has 3 aromatic rings. The third-order valence-corrected chi connectivity index (χ3v) is 8.39. The van der Waals surface area contributed by atoms with Gasteiger partial charge in [-0.1, -0.05) is 23.7 Å². The molecule has 3 heterocycles. The fraction of sp³-hybridized carbons (Fsp3) is 0.242. The minimum atomic E-state index is -0.706. The Kier molecular flexibility index (Phi) is 8.55. The van der Waals surface area contributed by atoms with Gasteiger partial charge in [0, 0.05) is 53.9 Å². The molecular weight excluding hydrogens is 598 g/mol. The van der Waals surface area contributed by atoms with E-state index in [1.165, 1.54) is 24.3 Å². The topological polar surface area (TPSA) is 110 Å². The average molecular weight is 629 g/mol. The molecular formula is C33H31ClF2N8O. The summed E-state index contributed by atoms with van der Waals surface area (Å²) < 4.78 is 29.7. The Hall–Kier alpha value is -4.74. The Labute approximate surface area is 264 Å². The number of rotatable bonds is 5. The molecule has 45 heavy (non-hydrogen) atoms. The Morgan fingerprint density at radius 3 is 2.44 bits per heavy atom. The first kappa shape index (κ1) is 30.3. The van der Waals surface area contributed by atoms with E-state index < -0.39 is 11.6 Å². The van der Waals surface area contributed by atoms with Gasteiger partial charge >= 0.3 is 0 Å². The lowest BCUT2D eigenvalue weighted by molar-refractivity contribution is 0.0968. The van der Waals surface area contributed by atoms with E-state index in [1.807, 2.05) is 11.0 Å². The highest BCUT2D eigenvalue weighted by molar-refractivity contribution is 6.69. The number of nitrogens with zero attached hydrogens (tertiary/aromatic N) is 5. The predicted octanol–water partition coefficient (Wildman–Crippen LogP) is 5.75. The van der Waals surface area contributed by atoms with Crippen LogP contribution in [0.3, 0.4) is 0 Å². The number of allylic oxidation sites excluding steroid dienone is 5. The number of likely N-dealkylation sites (tertiary alicyclic amines) is 1. The van der Waals surface area contributed by atoms with E-state index in [9.17, 15) is 13.6 Å². The molecule has 1 saturated heterocycles. The predicted molar refractivity (Wildman–Crippen MR) is 173 cm³/mol. The number of anilines is 2. The molecule has 0 bridgehead atoms. The fourth-order valence-corrected chi connectivity index (χ4v) is 5.86. The lowest BCUT2D eigenvalue weighted by atomic mass is 9.84. The van der Waals surface area contributed by atoms with Gasteiger partial charge in [0.2, 0.25) is 5.95 Å². The van der Waals surface area contributed by atoms with Gasteiger partial charge in [-0.2, -0.15) is 0 Å². The number of halogens is 3. The summed E-state index contributed by atoms with van der Waals surface area (Å²) in [6.07, 6.45) is 8.87. The molecule has 2 aliphatic heterocycles. The minimum Gasteiger partial charge on any atom is -0.343 e. The summed E-state index contributed by atoms with van der Waals surface area (Å²) in [6, 6.07) is 11.0. The van der Waals surface area contributed by atoms with Gasteiger partial charge < -0.3 is 15.1 Å². The van der Waals surface area contributed by atoms with E-state index in [0.717, 1.165) is 31.5 Å². The average Bonchev–Trinajstić information content (AvgIpc) is 3.20. The largest absolute Gasteiger partial charge is 0.343 e. The maximum atomic E-state index is 14.8. The van der Waals surface area contributed by atoms with Crippen LogP contribution in [0.5, 0.6) is 0 Å². The summed E-state index contributed by atoms with van der Waals surface area (Å²) in [5, 5.41) is 14.3. The standard InChI is InChI=1S/C33H31ClF2N8O/c1-43(2)22-12-14-44(15-13-22)32(37)42-31(45)19-6-9-21(10-7-19)40-33-39-17-20-8-11-23-24(29-26(35)4-3-5-27(29)36)16-28(34)38-18-25(23)30(20)41-33/h3-7,9-11,16-18,22H,8,12-15H2,1-2H3,(H2,37,42,45)(H,39,40,41). The van der Waals surface area contributed by atoms with Crippen molar-refractivity contribution in [2.45, 2.75) is 25.3 Å². The molecule has 1 amide bonds. The van der Waals surface area contributed by atoms with Gasteiger partial charge in [-0.25, -0.2) is 23.7 Å². The Balaban J connectivity index is 1.16. The molecule has 230 valence electrons. The zero-order valence-electron chi connectivity index (χ0n) is 24.7. The van der Waals surface area contributed by atoms with E-state index >= 15 is 0 Å². The monoisotopic (exact) mass is 628 g/mol. The second-order valence-corrected chi connectivity index (χ2v) is 11.6. The number of benzene rings is 2. The molecule has 0 atom stereocenters. The summed E-state index contributed by atoms with van der Waals surface area (Å²) in [4.78, 5) is 30.3. The highest BCUT2D eigenvalue weighted by Crippen LogP contribution is 2.41. The number of aromatic nitrogens is 2. The SMILES string of the molecule is CN(C)C1CCN(C(=N)NC(=O)c2ccc(Nc3ncc4c(n3)C3=CN=C(Cl)C=C(c5c(F)cccc5F)C3=CC4)cc2)CC1. The van der Waals surface area contributed by atoms with Crippen LogP contribution in [0.15, 0.2) is 77.6 Å². The molecule has 2 aromatic carbocycles. The Morgan fingerprint density at radius 2 is 1.76 bits per heavy atom. The Morgan fingerprint density at radius 1 is 1.04 bits per heavy atom. The quantitative estimate of drug-likeness (QED) is 0.245. The van der Waals surface area contributed by atoms with Gasteiger partial charge in [-0.3, -0.25) is 15.5 Å². The summed E-state index contributed by atoms with van der Waals surface area (Å²) >= 11 is 6.29. The zero-order valence-corrected chi connectivity index (χ0v) is 25.5. The zero-order chi connectivity index (χ0) is 31.7. The van der Waals surface area contributed by atoms with E-state index in [4.69, 9.17) is 22.0 Å². The van der Waals surface area contributed by atoms with Gasteiger partial charge in [0.05, 0.1) is 11.3 Å². The van der Waals surface area contributed by atoms with Crippen molar-refractivity contribution in [3.05, 3.63) is 107 Å². The molecule has 0 saturated carbocycles. The van der Waals surface area contributed by atoms with Crippen LogP contribution in [0.25, 0.3) is 11.1 Å². The maximum Gasteiger partial charge on any atom is 0.257 e. The molecule has 1 fully saturated rings. The molecule has 6 rings (SSSR count). The van der Waals surface area contributed by atoms with Crippen molar-refractivity contribution in [3.8, 4) is 0 Å². The van der Waals surface area contributed by atoms with Crippen LogP contribution in [0, 0.1) is 17.0 Å². The van der Waals surface area contributed by atoms with E-state index in [0.29, 0.717) is 40.6 Å². The van der Waals surface area contributed by atoms with Crippen molar-refractivity contribution in [3.63, 3.8) is 0 Å². The molecule has 3 N–H and O–H groups in total. The molecule has 1 aliphatic carbocycles. The second-order valence-electron chi connectivity index (χ2n) is 11.2. The number of guanidine groups is 1. The van der Waals surface area contributed by atoms with Gasteiger partial charge in [0.1, 0.15) is 16.8 Å². The molecule has 1 aromatic heterocycles. The van der Waals surface area contributed by atoms with Crippen LogP contribution in [-0.4, -0.2) is 70.0 Å². The lowest BCUT2D eigenvalue weighted by Crippen LogP contribution is -2.49. The number of hydrogen-bond donors (Lipinski definition) is 3. The highest BCUT2D eigenvalue weighted by atomic mass is 35.5. The number of amides is 1. The van der Waals surface area contributed by atoms with Crippen LogP contribution < -0.4 is 10.6 Å². The molecule has 0 unspecified atom stereocenters. The van der Waals surface area contributed by atoms with Crippen molar-refractivity contribution in [1.29, 1.82) is 5.41 Å². The first-order valence-electron chi connectivity index (χ1n) is 14.5. The van der Waals surface area contributed by atoms with Crippen molar-refractivity contribution in [2.75, 3.05) is 32.5 Å². The van der Waals surface area contributed by atoms with Crippen molar-refractivity contribution in [1.82, 2.24) is 25.1 Å². The van der Waals surface area contributed by atoms with Gasteiger partial charge in [-0.05, 0) is 87.0 Å². The van der Waals surface area contributed by atoms with Crippen LogP contribution in [0.1, 0.15) is 40.0 Å². The van der Waals surface area contributed by atoms with Crippen molar-refractivity contribution < 1.29 is 13.6 Å². The van der Waals surface area contributed by atoms with E-state index in [2.05, 4.69) is 39.6 Å². The van der Waals surface area contributed by atoms with Crippen LogP contribution in [-0.2, 0) is 6.42 Å². The third-order valence-electron chi connectivity index (χ3n) is 8.18. The Bertz CT molecular complexity index is 1770. The minimum absolute atomic E-state index is 0.0811. The number of piperidine rings is 1. The van der Waals surface area contributed by atoms with Crippen LogP contribution in [0.2, 0.25) is 0 Å². The first-order valence-corrected chi connectivity index (χ1v) is 14.9. The molecule has 12 heteroatoms. The summed E-state index contributed by atoms with van der Waals surface area (Å²) in [6.45, 7) is 1.44. The molecule has 9 nitrogen and oxygen atoms in total. The van der Waals surface area contributed by atoms with Crippen molar-refractivity contribution in [2.24, 2.45) is 4.99 Å². The van der Waals surface area contributed by atoms with Gasteiger partial charge in [-0.15, -0.1) is 0 Å². The molecule has 3 aliphatic rings. The molecule has 0 spiro atoms. The second kappa shape index (κ2) is 12.7. The van der Waals surface area contributed by atoms with Crippen molar-refractivity contribution >= 4 is 51.4 Å². The number of carbonyl (C=O) groups excluding carboxylic acids is 1. The fourth-order valence-electron chi connectivity index (χ4n) is 5.71. The normalized spacial score (nSPS) is 16.4. The highest BCUT2D eigenvalue weighted by Gasteiger charge is 2.28. The van der Waals surface area contributed by atoms with E-state index in [1.54, 1.807) is 36.7 Å². The number of hydrogen-bond acceptors (Lipinski definition) is 7. The lowest BCUT2D eigenvalue weighted by Gasteiger charge is -2.36. The first-order chi connectivity index (χ1) is 21.7.